The van der Waals surface area contributed by atoms with Crippen LogP contribution in [0.15, 0.2) is 388 Å². The third-order valence-electron chi connectivity index (χ3n) is 23.5. The molecule has 0 fully saturated rings. The van der Waals surface area contributed by atoms with E-state index in [0.29, 0.717) is 45.0 Å². The highest BCUT2D eigenvalue weighted by molar-refractivity contribution is 7.00. The summed E-state index contributed by atoms with van der Waals surface area (Å²) >= 11 is 0. The number of aromatic nitrogens is 3. The van der Waals surface area contributed by atoms with E-state index in [1.165, 1.54) is 11.1 Å². The molecule has 5 nitrogen and oxygen atoms in total. The van der Waals surface area contributed by atoms with E-state index in [-0.39, 0.29) is 54.4 Å². The molecule has 0 amide bonds. The lowest BCUT2D eigenvalue weighted by atomic mass is 9.33. The van der Waals surface area contributed by atoms with Crippen molar-refractivity contribution in [3.05, 3.63) is 399 Å². The van der Waals surface area contributed by atoms with Gasteiger partial charge < -0.3 is 23.5 Å². The van der Waals surface area contributed by atoms with Crippen molar-refractivity contribution in [1.29, 1.82) is 0 Å². The predicted molar refractivity (Wildman–Crippen MR) is 493 cm³/mol. The van der Waals surface area contributed by atoms with Crippen LogP contribution in [0.4, 0.5) is 34.1 Å². The Morgan fingerprint density at radius 2 is 0.638 bits per heavy atom. The van der Waals surface area contributed by atoms with Gasteiger partial charge in [0, 0.05) is 99.9 Å². The lowest BCUT2D eigenvalue weighted by molar-refractivity contribution is 0.530. The number of rotatable bonds is 11. The molecule has 550 valence electrons. The molecule has 2 aliphatic heterocycles. The average molecular weight is 1500 g/mol. The molecule has 6 heteroatoms. The molecular weight excluding hydrogens is 1400 g/mol. The lowest BCUT2D eigenvalue weighted by Crippen LogP contribution is -2.61. The first-order valence-electron chi connectivity index (χ1n) is 47.4. The maximum atomic E-state index is 10.0. The van der Waals surface area contributed by atoms with Crippen LogP contribution in [-0.4, -0.2) is 20.4 Å². The first-order valence-corrected chi connectivity index (χ1v) is 39.4. The Hall–Kier alpha value is -14.2. The Labute approximate surface area is 699 Å². The fourth-order valence-electron chi connectivity index (χ4n) is 18.5. The van der Waals surface area contributed by atoms with Gasteiger partial charge in [-0.05, 0) is 168 Å². The number of hydrogen-bond donors (Lipinski definition) is 0. The fourth-order valence-corrected chi connectivity index (χ4v) is 18.5. The number of nitrogens with zero attached hydrogens (tertiary/aromatic N) is 5. The summed E-state index contributed by atoms with van der Waals surface area (Å²) in [5, 5.41) is 1.63. The van der Waals surface area contributed by atoms with Crippen LogP contribution in [-0.2, 0) is 10.8 Å². The van der Waals surface area contributed by atoms with Crippen LogP contribution in [0.5, 0.6) is 0 Å². The Bertz CT molecular complexity index is 7740. The van der Waals surface area contributed by atoms with Crippen molar-refractivity contribution in [2.45, 2.75) is 52.4 Å². The Kier molecular flexibility index (Phi) is 12.4. The Morgan fingerprint density at radius 1 is 0.250 bits per heavy atom. The Balaban J connectivity index is 0.973. The van der Waals surface area contributed by atoms with Crippen LogP contribution in [0.25, 0.3) is 149 Å². The standard InChI is InChI=1S/C110H82BN5/c1-109(2,3)92-61-58-75(66-93(92)110(4,5)6)90-64-76(65-91-89-48-26-31-57-100(89)114(108(90)91)78-42-20-11-21-43-78)77-67-103-105-104(68-77)116(107-83(73-38-16-9-17-39-73)51-33-52-84(107)74-40-18-10-19-41-74)102-70-80(113-98-55-29-24-46-87(98)88-47-25-30-56-99(88)113)60-63-95(102)111(105)94-62-59-79(112-96-53-27-22-44-85(96)86-45-23-28-54-97(86)112)69-101(94)115(103)106-81(71-34-12-7-13-35-71)49-32-50-82(106)72-36-14-8-15-37-72/h7-70H,1-6H3/i22D,23D,24D,25D,27D,28D,29D,30D,44D,45D,46D,47D,53D,54D,55D,56D. The quantitative estimate of drug-likeness (QED) is 0.120. The second kappa shape index (κ2) is 26.7. The highest BCUT2D eigenvalue weighted by Crippen LogP contribution is 2.56. The van der Waals surface area contributed by atoms with Gasteiger partial charge in [0.25, 0.3) is 6.71 Å². The van der Waals surface area contributed by atoms with E-state index in [4.69, 9.17) is 0 Å². The third-order valence-corrected chi connectivity index (χ3v) is 23.5. The molecule has 0 atom stereocenters. The molecule has 3 aromatic heterocycles. The maximum absolute atomic E-state index is 10.0. The second-order valence-corrected chi connectivity index (χ2v) is 32.3. The van der Waals surface area contributed by atoms with Gasteiger partial charge in [0.1, 0.15) is 0 Å². The molecule has 0 saturated carbocycles. The van der Waals surface area contributed by atoms with Crippen LogP contribution in [0.3, 0.4) is 0 Å². The van der Waals surface area contributed by atoms with Gasteiger partial charge in [-0.1, -0.05) is 339 Å². The topological polar surface area (TPSA) is 21.3 Å². The molecule has 0 radical (unpaired) electrons. The minimum absolute atomic E-state index is 0.0651. The SMILES string of the molecule is [2H]c1c([2H])c([2H])c2c(c1[2H])c1c([2H])c([2H])c([2H])c([2H])c1n2-c1ccc2c(c1)N(c1c(-c3ccccc3)cccc1-c1ccccc1)c1cc(-c3cc(-c4ccc(C(C)(C)C)c(C(C)(C)C)c4)c4c(c3)c3ccccc3n4-c3ccccc3)cc3c1B2c1ccc(-n2c4c([2H])c([2H])c([2H])c([2H])c4c4c([2H])c([2H])c([2H])c([2H])c42)cc1N3c1c(-c2ccccc2)cccc1-c1ccccc1. The Morgan fingerprint density at radius 3 is 1.06 bits per heavy atom. The second-order valence-electron chi connectivity index (χ2n) is 32.3. The molecule has 20 aromatic rings. The monoisotopic (exact) mass is 1500 g/mol. The van der Waals surface area contributed by atoms with Crippen LogP contribution >= 0.6 is 0 Å². The summed E-state index contributed by atoms with van der Waals surface area (Å²) in [6, 6.07) is 92.2. The van der Waals surface area contributed by atoms with E-state index in [2.05, 4.69) is 232 Å². The first kappa shape index (κ1) is 53.7. The van der Waals surface area contributed by atoms with E-state index < -0.39 is 103 Å². The first-order chi connectivity index (χ1) is 63.5. The molecule has 0 aliphatic carbocycles. The molecular formula is C110H82BN5. The summed E-state index contributed by atoms with van der Waals surface area (Å²) in [5.41, 5.74) is 21.6. The van der Waals surface area contributed by atoms with Gasteiger partial charge in [-0.2, -0.15) is 0 Å². The van der Waals surface area contributed by atoms with Gasteiger partial charge >= 0.3 is 0 Å². The molecule has 0 bridgehead atoms. The van der Waals surface area contributed by atoms with E-state index in [1.54, 1.807) is 9.13 Å². The highest BCUT2D eigenvalue weighted by atomic mass is 15.2. The summed E-state index contributed by atoms with van der Waals surface area (Å²) in [7, 11) is 0. The molecule has 17 aromatic carbocycles. The van der Waals surface area contributed by atoms with Gasteiger partial charge in [-0.3, -0.25) is 0 Å². The summed E-state index contributed by atoms with van der Waals surface area (Å²) in [6.45, 7) is 12.8. The zero-order chi connectivity index (χ0) is 91.6. The number of anilines is 6. The van der Waals surface area contributed by atoms with Crippen LogP contribution in [0, 0.1) is 0 Å². The lowest BCUT2D eigenvalue weighted by Gasteiger charge is -2.46. The van der Waals surface area contributed by atoms with E-state index >= 15 is 0 Å². The van der Waals surface area contributed by atoms with Crippen LogP contribution < -0.4 is 26.2 Å². The molecule has 0 spiro atoms. The normalized spacial score (nSPS) is 14.6. The van der Waals surface area contributed by atoms with E-state index in [1.807, 2.05) is 115 Å². The summed E-state index contributed by atoms with van der Waals surface area (Å²) in [5.74, 6) is 0. The zero-order valence-electron chi connectivity index (χ0n) is 80.5. The zero-order valence-corrected chi connectivity index (χ0v) is 64.5. The summed E-state index contributed by atoms with van der Waals surface area (Å²) < 4.78 is 159. The predicted octanol–water partition coefficient (Wildman–Crippen LogP) is 27.7. The minimum atomic E-state index is -0.836. The molecule has 116 heavy (non-hydrogen) atoms. The van der Waals surface area contributed by atoms with Crippen molar-refractivity contribution < 1.29 is 21.9 Å². The van der Waals surface area contributed by atoms with Gasteiger partial charge in [-0.25, -0.2) is 0 Å². The number of para-hydroxylation sites is 8. The van der Waals surface area contributed by atoms with Gasteiger partial charge in [-0.15, -0.1) is 0 Å². The number of hydrogen-bond acceptors (Lipinski definition) is 2. The third kappa shape index (κ3) is 10.8. The average Bonchev–Trinajstić information content (AvgIpc) is 1.00. The van der Waals surface area contributed by atoms with E-state index in [9.17, 15) is 21.9 Å². The minimum Gasteiger partial charge on any atom is -0.310 e. The molecule has 0 N–H and O–H groups in total. The highest BCUT2D eigenvalue weighted by Gasteiger charge is 2.46. The molecule has 2 aliphatic rings. The van der Waals surface area contributed by atoms with E-state index in [0.717, 1.165) is 111 Å². The number of fused-ring (bicyclic) bond motifs is 13. The smallest absolute Gasteiger partial charge is 0.252 e. The van der Waals surface area contributed by atoms with Gasteiger partial charge in [0.05, 0.1) is 66.4 Å². The van der Waals surface area contributed by atoms with Crippen molar-refractivity contribution >= 4 is 123 Å². The molecule has 22 rings (SSSR count). The summed E-state index contributed by atoms with van der Waals surface area (Å²) in [6.07, 6.45) is 0. The number of benzene rings is 17. The largest absolute Gasteiger partial charge is 0.310 e. The van der Waals surface area contributed by atoms with Crippen molar-refractivity contribution in [3.8, 4) is 83.8 Å². The van der Waals surface area contributed by atoms with Crippen molar-refractivity contribution in [2.75, 3.05) is 9.80 Å². The van der Waals surface area contributed by atoms with Crippen LogP contribution in [0.2, 0.25) is 0 Å². The summed E-state index contributed by atoms with van der Waals surface area (Å²) in [4.78, 5) is 4.67. The van der Waals surface area contributed by atoms with Gasteiger partial charge in [0.2, 0.25) is 0 Å². The molecule has 0 unspecified atom stereocenters. The molecule has 5 heterocycles. The maximum Gasteiger partial charge on any atom is 0.252 e. The van der Waals surface area contributed by atoms with Gasteiger partial charge in [0.15, 0.2) is 0 Å². The van der Waals surface area contributed by atoms with Crippen molar-refractivity contribution in [2.24, 2.45) is 0 Å². The van der Waals surface area contributed by atoms with Crippen molar-refractivity contribution in [3.63, 3.8) is 0 Å². The fraction of sp³-hybridized carbons (Fsp3) is 0.0727. The van der Waals surface area contributed by atoms with Crippen molar-refractivity contribution in [1.82, 2.24) is 13.7 Å². The van der Waals surface area contributed by atoms with Crippen LogP contribution in [0.1, 0.15) is 74.6 Å². The molecule has 0 saturated heterocycles.